The minimum Gasteiger partial charge on any atom is -0.396 e. The van der Waals surface area contributed by atoms with Gasteiger partial charge in [0.2, 0.25) is 0 Å². The normalized spacial score (nSPS) is 27.3. The fourth-order valence-electron chi connectivity index (χ4n) is 7.14. The fourth-order valence-corrected chi connectivity index (χ4v) is 7.14. The molecule has 0 aromatic carbocycles. The minimum absolute atomic E-state index is 0.229. The fraction of sp³-hybridized carbons (Fsp3) is 0.650. The number of fused-ring (bicyclic) bond motifs is 2. The third-order valence-electron chi connectivity index (χ3n) is 10.3. The maximum atomic E-state index is 9.54. The quantitative estimate of drug-likeness (QED) is 0.279. The van der Waals surface area contributed by atoms with Crippen molar-refractivity contribution in [3.05, 3.63) is 81.0 Å². The van der Waals surface area contributed by atoms with Crippen molar-refractivity contribution in [3.8, 4) is 0 Å². The van der Waals surface area contributed by atoms with Crippen molar-refractivity contribution in [3.63, 3.8) is 0 Å². The Hall–Kier alpha value is -1.86. The van der Waals surface area contributed by atoms with Crippen LogP contribution >= 0.6 is 0 Å². The van der Waals surface area contributed by atoms with Crippen molar-refractivity contribution in [2.75, 3.05) is 6.61 Å². The first-order chi connectivity index (χ1) is 19.8. The summed E-state index contributed by atoms with van der Waals surface area (Å²) in [6, 6.07) is 0. The zero-order valence-corrected chi connectivity index (χ0v) is 27.7. The zero-order valence-electron chi connectivity index (χ0n) is 27.7. The van der Waals surface area contributed by atoms with Crippen LogP contribution in [0.15, 0.2) is 81.0 Å². The first-order valence-electron chi connectivity index (χ1n) is 17.3. The van der Waals surface area contributed by atoms with Crippen LogP contribution < -0.4 is 0 Å². The Morgan fingerprint density at radius 3 is 2.39 bits per heavy atom. The third kappa shape index (κ3) is 9.57. The SMILES string of the molecule is C=C(/C=C\[C@H](C)CCO)C(=C1\C=C2CCCCCCCC(=C1C)[C@@H]2C)/C1=C(\C)[C@H](C)CCCCCC(CCCC)=C1. The molecule has 1 nitrogen and oxygen atoms in total. The lowest BCUT2D eigenvalue weighted by molar-refractivity contribution is 0.274. The molecule has 1 fully saturated rings. The summed E-state index contributed by atoms with van der Waals surface area (Å²) < 4.78 is 0. The molecule has 0 saturated heterocycles. The van der Waals surface area contributed by atoms with Gasteiger partial charge in [-0.15, -0.1) is 0 Å². The second kappa shape index (κ2) is 17.3. The van der Waals surface area contributed by atoms with Gasteiger partial charge in [0.05, 0.1) is 0 Å². The number of hydrogen-bond acceptors (Lipinski definition) is 1. The molecule has 0 spiro atoms. The van der Waals surface area contributed by atoms with Crippen molar-refractivity contribution >= 4 is 0 Å². The highest BCUT2D eigenvalue weighted by atomic mass is 16.3. The molecule has 41 heavy (non-hydrogen) atoms. The standard InChI is InChI=1S/C40H62O/c1-8-9-19-35-20-15-13-14-18-30(3)32(5)38(27-35)40(31(4)24-23-29(2)25-26-41)39-28-36-21-16-11-10-12-17-22-37(33(36)6)34(39)7/h23-24,27-30,33,41H,4,8-22,25-26H2,1-3,5-7H3/b24-23-,35-27?,38-32+,40-39-/t29-,30+,33+/m0/s1. The lowest BCUT2D eigenvalue weighted by Crippen LogP contribution is -2.15. The lowest BCUT2D eigenvalue weighted by atomic mass is 9.73. The average molecular weight is 559 g/mol. The predicted molar refractivity (Wildman–Crippen MR) is 181 cm³/mol. The minimum atomic E-state index is 0.229. The van der Waals surface area contributed by atoms with E-state index in [2.05, 4.69) is 65.8 Å². The highest BCUT2D eigenvalue weighted by Crippen LogP contribution is 2.44. The van der Waals surface area contributed by atoms with Gasteiger partial charge < -0.3 is 5.11 Å². The van der Waals surface area contributed by atoms with E-state index in [1.165, 1.54) is 124 Å². The third-order valence-corrected chi connectivity index (χ3v) is 10.3. The molecule has 0 aromatic heterocycles. The molecule has 0 aromatic rings. The molecule has 3 atom stereocenters. The smallest absolute Gasteiger partial charge is 0.0436 e. The Labute approximate surface area is 254 Å². The van der Waals surface area contributed by atoms with Gasteiger partial charge in [-0.25, -0.2) is 0 Å². The van der Waals surface area contributed by atoms with Gasteiger partial charge in [0.15, 0.2) is 0 Å². The van der Waals surface area contributed by atoms with Crippen LogP contribution in [0.25, 0.3) is 0 Å². The van der Waals surface area contributed by atoms with Crippen molar-refractivity contribution < 1.29 is 5.11 Å². The van der Waals surface area contributed by atoms with Gasteiger partial charge in [0.25, 0.3) is 0 Å². The molecule has 3 aliphatic carbocycles. The van der Waals surface area contributed by atoms with E-state index in [4.69, 9.17) is 6.58 Å². The molecule has 0 unspecified atom stereocenters. The summed E-state index contributed by atoms with van der Waals surface area (Å²) in [5, 5.41) is 9.54. The van der Waals surface area contributed by atoms with Crippen LogP contribution in [0.2, 0.25) is 0 Å². The largest absolute Gasteiger partial charge is 0.396 e. The Morgan fingerprint density at radius 2 is 1.66 bits per heavy atom. The van der Waals surface area contributed by atoms with E-state index < -0.39 is 0 Å². The molecule has 3 aliphatic rings. The van der Waals surface area contributed by atoms with E-state index in [0.29, 0.717) is 17.8 Å². The molecule has 0 heterocycles. The van der Waals surface area contributed by atoms with Crippen LogP contribution in [0.1, 0.15) is 144 Å². The topological polar surface area (TPSA) is 20.2 Å². The van der Waals surface area contributed by atoms with E-state index in [1.807, 2.05) is 0 Å². The monoisotopic (exact) mass is 558 g/mol. The summed E-state index contributed by atoms with van der Waals surface area (Å²) in [6.45, 7) is 19.3. The van der Waals surface area contributed by atoms with Crippen molar-refractivity contribution in [2.45, 2.75) is 144 Å². The summed E-state index contributed by atoms with van der Waals surface area (Å²) in [6.07, 6.45) is 29.9. The Morgan fingerprint density at radius 1 is 0.976 bits per heavy atom. The maximum absolute atomic E-state index is 9.54. The first-order valence-corrected chi connectivity index (χ1v) is 17.3. The second-order valence-electron chi connectivity index (χ2n) is 13.5. The van der Waals surface area contributed by atoms with Crippen LogP contribution in [0.3, 0.4) is 0 Å². The molecular formula is C40H62O. The number of aliphatic hydroxyl groups is 1. The van der Waals surface area contributed by atoms with Gasteiger partial charge in [0, 0.05) is 6.61 Å². The second-order valence-corrected chi connectivity index (χ2v) is 13.5. The Balaban J connectivity index is 2.32. The zero-order chi connectivity index (χ0) is 29.8. The Bertz CT molecular complexity index is 1070. The summed E-state index contributed by atoms with van der Waals surface area (Å²) in [4.78, 5) is 0. The van der Waals surface area contributed by atoms with Gasteiger partial charge in [-0.2, -0.15) is 0 Å². The van der Waals surface area contributed by atoms with Crippen LogP contribution in [-0.2, 0) is 0 Å². The predicted octanol–water partition coefficient (Wildman–Crippen LogP) is 12.1. The molecule has 3 rings (SSSR count). The summed E-state index contributed by atoms with van der Waals surface area (Å²) in [5.41, 5.74) is 13.3. The van der Waals surface area contributed by atoms with Crippen LogP contribution in [0, 0.1) is 17.8 Å². The molecule has 1 saturated carbocycles. The van der Waals surface area contributed by atoms with E-state index >= 15 is 0 Å². The molecule has 1 heteroatoms. The van der Waals surface area contributed by atoms with Crippen molar-refractivity contribution in [1.82, 2.24) is 0 Å². The van der Waals surface area contributed by atoms with E-state index in [0.717, 1.165) is 12.0 Å². The van der Waals surface area contributed by atoms with Crippen LogP contribution in [0.5, 0.6) is 0 Å². The number of rotatable bonds is 9. The van der Waals surface area contributed by atoms with E-state index in [-0.39, 0.29) is 6.61 Å². The van der Waals surface area contributed by atoms with E-state index in [9.17, 15) is 5.11 Å². The molecule has 2 bridgehead atoms. The first kappa shape index (κ1) is 33.6. The number of hydrogen-bond donors (Lipinski definition) is 1. The van der Waals surface area contributed by atoms with E-state index in [1.54, 1.807) is 16.7 Å². The molecule has 0 amide bonds. The number of aliphatic hydroxyl groups excluding tert-OH is 1. The van der Waals surface area contributed by atoms with Crippen molar-refractivity contribution in [2.24, 2.45) is 17.8 Å². The molecule has 1 N–H and O–H groups in total. The molecule has 228 valence electrons. The van der Waals surface area contributed by atoms with Gasteiger partial charge in [-0.1, -0.05) is 119 Å². The van der Waals surface area contributed by atoms with Gasteiger partial charge in [0.1, 0.15) is 0 Å². The van der Waals surface area contributed by atoms with Gasteiger partial charge >= 0.3 is 0 Å². The van der Waals surface area contributed by atoms with Gasteiger partial charge in [-0.05, 0) is 124 Å². The molecular weight excluding hydrogens is 496 g/mol. The summed E-state index contributed by atoms with van der Waals surface area (Å²) in [7, 11) is 0. The van der Waals surface area contributed by atoms with Crippen LogP contribution in [-0.4, -0.2) is 11.7 Å². The maximum Gasteiger partial charge on any atom is 0.0436 e. The van der Waals surface area contributed by atoms with Gasteiger partial charge in [-0.3, -0.25) is 0 Å². The summed E-state index contributed by atoms with van der Waals surface area (Å²) >= 11 is 0. The number of allylic oxidation sites excluding steroid dienone is 13. The summed E-state index contributed by atoms with van der Waals surface area (Å²) in [5.74, 6) is 1.45. The molecule has 0 radical (unpaired) electrons. The van der Waals surface area contributed by atoms with Crippen molar-refractivity contribution in [1.29, 1.82) is 0 Å². The Kier molecular flexibility index (Phi) is 14.2. The highest BCUT2D eigenvalue weighted by molar-refractivity contribution is 5.67. The lowest BCUT2D eigenvalue weighted by Gasteiger charge is -2.32. The average Bonchev–Trinajstić information content (AvgIpc) is 2.95. The highest BCUT2D eigenvalue weighted by Gasteiger charge is 2.27. The molecule has 0 aliphatic heterocycles. The van der Waals surface area contributed by atoms with Crippen LogP contribution in [0.4, 0.5) is 0 Å². The number of unbranched alkanes of at least 4 members (excludes halogenated alkanes) is 1.